The third-order valence-corrected chi connectivity index (χ3v) is 5.69. The Labute approximate surface area is 172 Å². The van der Waals surface area contributed by atoms with Crippen molar-refractivity contribution in [1.82, 2.24) is 19.6 Å². The average Bonchev–Trinajstić information content (AvgIpc) is 2.79. The molecule has 8 nitrogen and oxygen atoms in total. The van der Waals surface area contributed by atoms with Gasteiger partial charge in [0.15, 0.2) is 5.69 Å². The molecule has 0 spiro atoms. The first-order valence-corrected chi connectivity index (χ1v) is 9.93. The molecule has 1 atom stereocenters. The summed E-state index contributed by atoms with van der Waals surface area (Å²) in [4.78, 5) is 41.8. The normalized spacial score (nSPS) is 18.8. The van der Waals surface area contributed by atoms with E-state index in [1.165, 1.54) is 4.68 Å². The van der Waals surface area contributed by atoms with Crippen LogP contribution in [0.25, 0.3) is 16.5 Å². The number of ether oxygens (including phenoxy) is 1. The Morgan fingerprint density at radius 2 is 1.70 bits per heavy atom. The van der Waals surface area contributed by atoms with Crippen LogP contribution in [0.5, 0.6) is 0 Å². The molecule has 152 valence electrons. The molecule has 30 heavy (non-hydrogen) atoms. The van der Waals surface area contributed by atoms with Gasteiger partial charge in [0, 0.05) is 31.4 Å². The van der Waals surface area contributed by atoms with Gasteiger partial charge in [-0.15, -0.1) is 0 Å². The van der Waals surface area contributed by atoms with Crippen molar-refractivity contribution in [3.63, 3.8) is 0 Å². The summed E-state index contributed by atoms with van der Waals surface area (Å²) in [5, 5.41) is 5.45. The van der Waals surface area contributed by atoms with Crippen molar-refractivity contribution in [3.05, 3.63) is 70.6 Å². The number of benzene rings is 2. The molecule has 2 aliphatic heterocycles. The third kappa shape index (κ3) is 3.01. The number of hydrogen-bond donors (Lipinski definition) is 0. The summed E-state index contributed by atoms with van der Waals surface area (Å²) in [5.74, 6) is -0.241. The number of carbonyl (C=O) groups excluding carboxylic acids is 2. The molecule has 3 aromatic rings. The van der Waals surface area contributed by atoms with Crippen molar-refractivity contribution in [2.75, 3.05) is 26.2 Å². The maximum absolute atomic E-state index is 13.5. The highest BCUT2D eigenvalue weighted by Crippen LogP contribution is 2.22. The molecule has 3 heterocycles. The maximum Gasteiger partial charge on any atom is 0.410 e. The molecule has 2 fully saturated rings. The zero-order valence-electron chi connectivity index (χ0n) is 16.2. The molecule has 1 aromatic heterocycles. The molecule has 8 heteroatoms. The van der Waals surface area contributed by atoms with E-state index in [0.717, 1.165) is 0 Å². The number of para-hydroxylation sites is 1. The van der Waals surface area contributed by atoms with E-state index in [2.05, 4.69) is 5.10 Å². The molecule has 0 aliphatic carbocycles. The number of carbonyl (C=O) groups is 2. The highest BCUT2D eigenvalue weighted by atomic mass is 16.6. The van der Waals surface area contributed by atoms with Gasteiger partial charge in [0.05, 0.1) is 23.7 Å². The molecule has 2 saturated heterocycles. The van der Waals surface area contributed by atoms with Gasteiger partial charge in [0.2, 0.25) is 0 Å². The number of piperazine rings is 1. The summed E-state index contributed by atoms with van der Waals surface area (Å²) >= 11 is 0. The largest absolute Gasteiger partial charge is 0.449 e. The van der Waals surface area contributed by atoms with E-state index in [0.29, 0.717) is 49.1 Å². The molecular weight excluding hydrogens is 384 g/mol. The number of amides is 2. The Kier molecular flexibility index (Phi) is 4.46. The molecule has 0 N–H and O–H groups in total. The van der Waals surface area contributed by atoms with Crippen LogP contribution in [-0.2, 0) is 4.74 Å². The minimum atomic E-state index is -0.320. The molecule has 2 aliphatic rings. The monoisotopic (exact) mass is 404 g/mol. The Bertz CT molecular complexity index is 1190. The number of hydrogen-bond acceptors (Lipinski definition) is 5. The molecule has 0 radical (unpaired) electrons. The smallest absolute Gasteiger partial charge is 0.410 e. The summed E-state index contributed by atoms with van der Waals surface area (Å²) in [5.41, 5.74) is 0.566. The first-order valence-electron chi connectivity index (χ1n) is 9.93. The van der Waals surface area contributed by atoms with Crippen LogP contribution in [0.3, 0.4) is 0 Å². The minimum Gasteiger partial charge on any atom is -0.449 e. The van der Waals surface area contributed by atoms with Crippen molar-refractivity contribution >= 4 is 22.8 Å². The van der Waals surface area contributed by atoms with Crippen LogP contribution in [0.15, 0.2) is 59.4 Å². The average molecular weight is 404 g/mol. The third-order valence-electron chi connectivity index (χ3n) is 5.69. The van der Waals surface area contributed by atoms with Gasteiger partial charge < -0.3 is 14.5 Å². The van der Waals surface area contributed by atoms with Gasteiger partial charge in [0.1, 0.15) is 0 Å². The van der Waals surface area contributed by atoms with Crippen LogP contribution in [0.4, 0.5) is 4.79 Å². The Balaban J connectivity index is 1.57. The summed E-state index contributed by atoms with van der Waals surface area (Å²) in [6.07, 6.45) is 0.368. The quantitative estimate of drug-likeness (QED) is 0.653. The van der Waals surface area contributed by atoms with Gasteiger partial charge in [-0.05, 0) is 18.2 Å². The number of nitrogens with zero attached hydrogens (tertiary/aromatic N) is 4. The van der Waals surface area contributed by atoms with Crippen LogP contribution in [0.2, 0.25) is 0 Å². The summed E-state index contributed by atoms with van der Waals surface area (Å²) < 4.78 is 6.38. The Morgan fingerprint density at radius 3 is 2.50 bits per heavy atom. The molecule has 5 rings (SSSR count). The first kappa shape index (κ1) is 18.4. The van der Waals surface area contributed by atoms with Crippen LogP contribution >= 0.6 is 0 Å². The van der Waals surface area contributed by atoms with Crippen molar-refractivity contribution < 1.29 is 14.3 Å². The zero-order valence-corrected chi connectivity index (χ0v) is 16.2. The lowest BCUT2D eigenvalue weighted by Crippen LogP contribution is -2.59. The number of cyclic esters (lactones) is 1. The maximum atomic E-state index is 13.5. The van der Waals surface area contributed by atoms with Crippen molar-refractivity contribution in [2.24, 2.45) is 0 Å². The Morgan fingerprint density at radius 1 is 0.967 bits per heavy atom. The first-order chi connectivity index (χ1) is 14.6. The standard InChI is InChI=1S/C22H20N4O4/c27-20-18-9-5-4-8-17(18)19(23-26(20)15-6-2-1-3-7-15)21(28)24-11-12-25-16(14-24)10-13-30-22(25)29/h1-9,16H,10-14H2. The molecule has 0 bridgehead atoms. The predicted molar refractivity (Wildman–Crippen MR) is 110 cm³/mol. The molecule has 1 unspecified atom stereocenters. The van der Waals surface area contributed by atoms with E-state index in [1.807, 2.05) is 18.2 Å². The molecule has 2 aromatic carbocycles. The van der Waals surface area contributed by atoms with Gasteiger partial charge in [-0.1, -0.05) is 36.4 Å². The SMILES string of the molecule is O=C(c1nn(-c2ccccc2)c(=O)c2ccccc12)N1CCN2C(=O)OCCC2C1. The van der Waals surface area contributed by atoms with E-state index in [1.54, 1.807) is 46.2 Å². The second kappa shape index (κ2) is 7.29. The highest BCUT2D eigenvalue weighted by Gasteiger charge is 2.37. The van der Waals surface area contributed by atoms with E-state index >= 15 is 0 Å². The van der Waals surface area contributed by atoms with Crippen LogP contribution in [0.1, 0.15) is 16.9 Å². The Hall–Kier alpha value is -3.68. The lowest BCUT2D eigenvalue weighted by molar-refractivity contribution is 0.00687. The van der Waals surface area contributed by atoms with Crippen molar-refractivity contribution in [2.45, 2.75) is 12.5 Å². The molecular formula is C22H20N4O4. The zero-order chi connectivity index (χ0) is 20.7. The van der Waals surface area contributed by atoms with Gasteiger partial charge >= 0.3 is 6.09 Å². The number of rotatable bonds is 2. The van der Waals surface area contributed by atoms with E-state index in [9.17, 15) is 14.4 Å². The summed E-state index contributed by atoms with van der Waals surface area (Å²) in [7, 11) is 0. The van der Waals surface area contributed by atoms with Gasteiger partial charge in [-0.3, -0.25) is 9.59 Å². The minimum absolute atomic E-state index is 0.0600. The van der Waals surface area contributed by atoms with Gasteiger partial charge in [-0.2, -0.15) is 9.78 Å². The molecule has 2 amide bonds. The predicted octanol–water partition coefficient (Wildman–Crippen LogP) is 2.05. The second-order valence-corrected chi connectivity index (χ2v) is 7.45. The fraction of sp³-hybridized carbons (Fsp3) is 0.273. The van der Waals surface area contributed by atoms with E-state index in [-0.39, 0.29) is 29.3 Å². The molecule has 0 saturated carbocycles. The second-order valence-electron chi connectivity index (χ2n) is 7.45. The summed E-state index contributed by atoms with van der Waals surface area (Å²) in [6.45, 7) is 1.60. The van der Waals surface area contributed by atoms with Gasteiger partial charge in [-0.25, -0.2) is 4.79 Å². The lowest BCUT2D eigenvalue weighted by Gasteiger charge is -2.43. The lowest BCUT2D eigenvalue weighted by atomic mass is 10.1. The fourth-order valence-electron chi connectivity index (χ4n) is 4.13. The van der Waals surface area contributed by atoms with Gasteiger partial charge in [0.25, 0.3) is 11.5 Å². The number of aromatic nitrogens is 2. The van der Waals surface area contributed by atoms with Crippen LogP contribution < -0.4 is 5.56 Å². The van der Waals surface area contributed by atoms with Crippen molar-refractivity contribution in [1.29, 1.82) is 0 Å². The summed E-state index contributed by atoms with van der Waals surface area (Å²) in [6, 6.07) is 16.0. The van der Waals surface area contributed by atoms with E-state index in [4.69, 9.17) is 4.74 Å². The number of fused-ring (bicyclic) bond motifs is 2. The van der Waals surface area contributed by atoms with Crippen LogP contribution in [-0.4, -0.2) is 63.9 Å². The topological polar surface area (TPSA) is 84.7 Å². The van der Waals surface area contributed by atoms with E-state index < -0.39 is 0 Å². The fourth-order valence-corrected chi connectivity index (χ4v) is 4.13. The van der Waals surface area contributed by atoms with Crippen LogP contribution in [0, 0.1) is 0 Å². The highest BCUT2D eigenvalue weighted by molar-refractivity contribution is 6.05. The van der Waals surface area contributed by atoms with Crippen molar-refractivity contribution in [3.8, 4) is 5.69 Å².